The number of esters is 1. The fourth-order valence-corrected chi connectivity index (χ4v) is 1.20. The van der Waals surface area contributed by atoms with Gasteiger partial charge in [0.15, 0.2) is 0 Å². The number of nitrogens with zero attached hydrogens (tertiary/aromatic N) is 2. The monoisotopic (exact) mass is 220 g/mol. The molecular formula is C10H5ClN2O2. The summed E-state index contributed by atoms with van der Waals surface area (Å²) in [6, 6.07) is 4.39. The third kappa shape index (κ3) is 2.07. The van der Waals surface area contributed by atoms with Gasteiger partial charge in [0, 0.05) is 0 Å². The summed E-state index contributed by atoms with van der Waals surface area (Å²) < 4.78 is 4.48. The molecule has 15 heavy (non-hydrogen) atoms. The van der Waals surface area contributed by atoms with E-state index in [1.165, 1.54) is 19.2 Å². The molecule has 0 N–H and O–H groups in total. The van der Waals surface area contributed by atoms with Crippen molar-refractivity contribution in [3.05, 3.63) is 39.7 Å². The Labute approximate surface area is 91.5 Å². The molecule has 1 aromatic rings. The summed E-state index contributed by atoms with van der Waals surface area (Å²) in [6.45, 7) is 6.83. The van der Waals surface area contributed by atoms with Crippen molar-refractivity contribution in [1.29, 1.82) is 5.26 Å². The molecule has 0 radical (unpaired) electrons. The van der Waals surface area contributed by atoms with Gasteiger partial charge < -0.3 is 4.74 Å². The molecule has 0 amide bonds. The molecule has 0 saturated carbocycles. The molecule has 1 rings (SSSR count). The normalized spacial score (nSPS) is 8.80. The van der Waals surface area contributed by atoms with Crippen molar-refractivity contribution in [1.82, 2.24) is 0 Å². The van der Waals surface area contributed by atoms with Crippen molar-refractivity contribution in [3.8, 4) is 6.07 Å². The van der Waals surface area contributed by atoms with E-state index in [1.807, 2.05) is 0 Å². The summed E-state index contributed by atoms with van der Waals surface area (Å²) in [5.41, 5.74) is 0.297. The van der Waals surface area contributed by atoms with E-state index < -0.39 is 5.97 Å². The largest absolute Gasteiger partial charge is 0.465 e. The molecule has 0 bridgehead atoms. The van der Waals surface area contributed by atoms with Gasteiger partial charge in [-0.2, -0.15) is 5.26 Å². The minimum absolute atomic E-state index is 0.0557. The molecule has 0 aliphatic heterocycles. The summed E-state index contributed by atoms with van der Waals surface area (Å²) in [4.78, 5) is 14.3. The van der Waals surface area contributed by atoms with Crippen molar-refractivity contribution >= 4 is 23.3 Å². The number of hydrogen-bond acceptors (Lipinski definition) is 3. The first-order valence-corrected chi connectivity index (χ1v) is 4.21. The SMILES string of the molecule is [C-]#[N+]c1cc(C(=O)OC)cc(C#N)c1Cl. The molecule has 74 valence electrons. The lowest BCUT2D eigenvalue weighted by atomic mass is 10.1. The van der Waals surface area contributed by atoms with Crippen LogP contribution in [0.5, 0.6) is 0 Å². The van der Waals surface area contributed by atoms with Crippen LogP contribution < -0.4 is 0 Å². The van der Waals surface area contributed by atoms with E-state index in [9.17, 15) is 4.79 Å². The Balaban J connectivity index is 3.43. The second kappa shape index (κ2) is 4.45. The van der Waals surface area contributed by atoms with Crippen molar-refractivity contribution in [3.63, 3.8) is 0 Å². The summed E-state index contributed by atoms with van der Waals surface area (Å²) >= 11 is 5.74. The van der Waals surface area contributed by atoms with Gasteiger partial charge in [-0.15, -0.1) is 0 Å². The van der Waals surface area contributed by atoms with Gasteiger partial charge in [0.25, 0.3) is 0 Å². The van der Waals surface area contributed by atoms with Gasteiger partial charge in [0.2, 0.25) is 5.69 Å². The third-order valence-corrected chi connectivity index (χ3v) is 2.11. The Kier molecular flexibility index (Phi) is 3.28. The van der Waals surface area contributed by atoms with E-state index in [1.54, 1.807) is 6.07 Å². The lowest BCUT2D eigenvalue weighted by Crippen LogP contribution is -2.01. The van der Waals surface area contributed by atoms with Crippen LogP contribution in [0.4, 0.5) is 5.69 Å². The van der Waals surface area contributed by atoms with Gasteiger partial charge in [-0.05, 0) is 12.1 Å². The zero-order valence-corrected chi connectivity index (χ0v) is 8.50. The number of benzene rings is 1. The fourth-order valence-electron chi connectivity index (χ4n) is 1.01. The highest BCUT2D eigenvalue weighted by molar-refractivity contribution is 6.34. The maximum absolute atomic E-state index is 11.2. The summed E-state index contributed by atoms with van der Waals surface area (Å²) in [5.74, 6) is -0.604. The van der Waals surface area contributed by atoms with E-state index >= 15 is 0 Å². The highest BCUT2D eigenvalue weighted by Crippen LogP contribution is 2.30. The predicted octanol–water partition coefficient (Wildman–Crippen LogP) is 2.55. The first-order chi connectivity index (χ1) is 7.13. The molecule has 0 unspecified atom stereocenters. The van der Waals surface area contributed by atoms with Crippen LogP contribution in [-0.2, 0) is 4.74 Å². The molecule has 0 atom stereocenters. The van der Waals surface area contributed by atoms with E-state index in [0.717, 1.165) is 0 Å². The summed E-state index contributed by atoms with van der Waals surface area (Å²) in [6.07, 6.45) is 0. The quantitative estimate of drug-likeness (QED) is 0.540. The van der Waals surface area contributed by atoms with Gasteiger partial charge in [0.05, 0.1) is 35.9 Å². The molecule has 4 nitrogen and oxygen atoms in total. The van der Waals surface area contributed by atoms with Gasteiger partial charge in [-0.3, -0.25) is 0 Å². The summed E-state index contributed by atoms with van der Waals surface area (Å²) in [7, 11) is 1.22. The Bertz CT molecular complexity index is 462. The topological polar surface area (TPSA) is 54.5 Å². The van der Waals surface area contributed by atoms with Gasteiger partial charge in [0.1, 0.15) is 0 Å². The number of ether oxygens (including phenoxy) is 1. The van der Waals surface area contributed by atoms with Gasteiger partial charge in [-0.1, -0.05) is 11.6 Å². The number of nitriles is 1. The number of carbonyl (C=O) groups excluding carboxylic acids is 1. The maximum Gasteiger partial charge on any atom is 0.336 e. The summed E-state index contributed by atoms with van der Waals surface area (Å²) in [5, 5.41) is 8.78. The lowest BCUT2D eigenvalue weighted by Gasteiger charge is -2.02. The smallest absolute Gasteiger partial charge is 0.336 e. The molecule has 5 heteroatoms. The Morgan fingerprint density at radius 2 is 2.33 bits per heavy atom. The number of halogens is 1. The third-order valence-electron chi connectivity index (χ3n) is 1.72. The predicted molar refractivity (Wildman–Crippen MR) is 53.8 cm³/mol. The Morgan fingerprint density at radius 3 is 2.80 bits per heavy atom. The average molecular weight is 221 g/mol. The minimum Gasteiger partial charge on any atom is -0.465 e. The van der Waals surface area contributed by atoms with Crippen molar-refractivity contribution in [2.45, 2.75) is 0 Å². The molecule has 0 spiro atoms. The first kappa shape index (κ1) is 11.0. The second-order valence-electron chi connectivity index (χ2n) is 2.57. The van der Waals surface area contributed by atoms with Crippen LogP contribution in [0, 0.1) is 17.9 Å². The molecule has 0 aliphatic rings. The molecule has 0 saturated heterocycles. The van der Waals surface area contributed by atoms with Crippen molar-refractivity contribution in [2.24, 2.45) is 0 Å². The fraction of sp³-hybridized carbons (Fsp3) is 0.100. The molecule has 0 aliphatic carbocycles. The van der Waals surface area contributed by atoms with Crippen molar-refractivity contribution < 1.29 is 9.53 Å². The molecular weight excluding hydrogens is 216 g/mol. The van der Waals surface area contributed by atoms with Crippen LogP contribution in [-0.4, -0.2) is 13.1 Å². The van der Waals surface area contributed by atoms with Crippen LogP contribution in [0.25, 0.3) is 4.85 Å². The molecule has 0 aromatic heterocycles. The van der Waals surface area contributed by atoms with E-state index in [-0.39, 0.29) is 21.8 Å². The van der Waals surface area contributed by atoms with Gasteiger partial charge in [-0.25, -0.2) is 9.64 Å². The minimum atomic E-state index is -0.604. The number of methoxy groups -OCH3 is 1. The van der Waals surface area contributed by atoms with Crippen LogP contribution in [0.3, 0.4) is 0 Å². The molecule has 0 fully saturated rings. The van der Waals surface area contributed by atoms with E-state index in [2.05, 4.69) is 9.58 Å². The van der Waals surface area contributed by atoms with E-state index in [4.69, 9.17) is 23.4 Å². The number of carbonyl (C=O) groups is 1. The van der Waals surface area contributed by atoms with Crippen LogP contribution in [0.2, 0.25) is 5.02 Å². The van der Waals surface area contributed by atoms with Crippen LogP contribution >= 0.6 is 11.6 Å². The van der Waals surface area contributed by atoms with Gasteiger partial charge >= 0.3 is 5.97 Å². The molecule has 1 aromatic carbocycles. The van der Waals surface area contributed by atoms with E-state index in [0.29, 0.717) is 0 Å². The average Bonchev–Trinajstić information content (AvgIpc) is 2.28. The van der Waals surface area contributed by atoms with Crippen LogP contribution in [0.15, 0.2) is 12.1 Å². The zero-order valence-electron chi connectivity index (χ0n) is 7.74. The lowest BCUT2D eigenvalue weighted by molar-refractivity contribution is 0.0601. The highest BCUT2D eigenvalue weighted by atomic mass is 35.5. The number of hydrogen-bond donors (Lipinski definition) is 0. The molecule has 0 heterocycles. The standard InChI is InChI=1S/C10H5ClN2O2/c1-13-8-4-6(10(14)15-2)3-7(5-12)9(8)11/h3-4H,2H3. The van der Waals surface area contributed by atoms with Crippen molar-refractivity contribution in [2.75, 3.05) is 7.11 Å². The Hall–Kier alpha value is -2.04. The first-order valence-electron chi connectivity index (χ1n) is 3.83. The van der Waals surface area contributed by atoms with Crippen LogP contribution in [0.1, 0.15) is 15.9 Å². The highest BCUT2D eigenvalue weighted by Gasteiger charge is 2.13. The Morgan fingerprint density at radius 1 is 1.67 bits per heavy atom. The second-order valence-corrected chi connectivity index (χ2v) is 2.95. The zero-order chi connectivity index (χ0) is 11.4. The number of rotatable bonds is 1. The maximum atomic E-state index is 11.2.